The molecule has 2 heterocycles. The molecule has 0 saturated carbocycles. The molecule has 0 aliphatic heterocycles. The van der Waals surface area contributed by atoms with Crippen molar-refractivity contribution in [2.24, 2.45) is 0 Å². The van der Waals surface area contributed by atoms with Crippen LogP contribution >= 0.6 is 11.3 Å². The van der Waals surface area contributed by atoms with E-state index in [4.69, 9.17) is 4.98 Å². The van der Waals surface area contributed by atoms with Gasteiger partial charge in [0.1, 0.15) is 5.82 Å². The number of H-pyrrole nitrogens is 1. The Bertz CT molecular complexity index is 514. The first kappa shape index (κ1) is 19.5. The Hall–Kier alpha value is -0.830. The molecular weight excluding hydrogens is 312 g/mol. The molecule has 0 aliphatic carbocycles. The van der Waals surface area contributed by atoms with Crippen LogP contribution in [-0.2, 0) is 0 Å². The van der Waals surface area contributed by atoms with Crippen molar-refractivity contribution in [2.75, 3.05) is 0 Å². The molecule has 0 aliphatic rings. The quantitative estimate of drug-likeness (QED) is 0.346. The molecule has 0 spiro atoms. The van der Waals surface area contributed by atoms with E-state index in [1.54, 1.807) is 11.3 Å². The highest BCUT2D eigenvalue weighted by Crippen LogP contribution is 2.24. The largest absolute Gasteiger partial charge is 0.341 e. The summed E-state index contributed by atoms with van der Waals surface area (Å²) in [5.41, 5.74) is 2.34. The third-order valence-corrected chi connectivity index (χ3v) is 5.83. The van der Waals surface area contributed by atoms with Gasteiger partial charge in [0.15, 0.2) is 0 Å². The fourth-order valence-corrected chi connectivity index (χ4v) is 4.12. The van der Waals surface area contributed by atoms with Crippen molar-refractivity contribution in [2.45, 2.75) is 103 Å². The maximum Gasteiger partial charge on any atom is 0.110 e. The number of hydrogen-bond acceptors (Lipinski definition) is 2. The number of fused-ring (bicyclic) bond motifs is 1. The number of aromatic amines is 1. The van der Waals surface area contributed by atoms with Gasteiger partial charge in [-0.1, -0.05) is 90.9 Å². The van der Waals surface area contributed by atoms with Crippen LogP contribution in [0.25, 0.3) is 11.0 Å². The molecule has 24 heavy (non-hydrogen) atoms. The number of imidazole rings is 1. The molecule has 1 N–H and O–H groups in total. The van der Waals surface area contributed by atoms with Gasteiger partial charge in [-0.15, -0.1) is 11.3 Å². The summed E-state index contributed by atoms with van der Waals surface area (Å²) in [6.45, 7) is 4.59. The van der Waals surface area contributed by atoms with E-state index in [2.05, 4.69) is 29.6 Å². The summed E-state index contributed by atoms with van der Waals surface area (Å²) in [4.78, 5) is 8.17. The number of nitrogens with one attached hydrogen (secondary N) is 1. The number of aromatic nitrogens is 2. The van der Waals surface area contributed by atoms with Crippen molar-refractivity contribution < 1.29 is 0 Å². The van der Waals surface area contributed by atoms with Crippen molar-refractivity contribution in [3.05, 3.63) is 16.6 Å². The molecule has 2 aromatic rings. The molecule has 0 radical (unpaired) electrons. The zero-order valence-electron chi connectivity index (χ0n) is 15.8. The Kier molecular flexibility index (Phi) is 9.48. The normalized spacial score (nSPS) is 12.9. The second kappa shape index (κ2) is 11.7. The van der Waals surface area contributed by atoms with Crippen LogP contribution in [-0.4, -0.2) is 9.97 Å². The lowest BCUT2D eigenvalue weighted by atomic mass is 10.0. The summed E-state index contributed by atoms with van der Waals surface area (Å²) in [6, 6.07) is 0. The Morgan fingerprint density at radius 3 is 2.04 bits per heavy atom. The standard InChI is InChI=1S/C21H36N2S/c1-3-4-5-6-7-8-9-10-11-12-13-14-15-18(2)21-22-19-16-24-17-20(19)23-21/h16-18H,3-15H2,1-2H3,(H,22,23). The van der Waals surface area contributed by atoms with Gasteiger partial charge in [-0.3, -0.25) is 0 Å². The Morgan fingerprint density at radius 1 is 0.875 bits per heavy atom. The third kappa shape index (κ3) is 6.96. The first-order chi connectivity index (χ1) is 11.8. The molecule has 0 saturated heterocycles. The summed E-state index contributed by atoms with van der Waals surface area (Å²) < 4.78 is 0. The SMILES string of the molecule is CCCCCCCCCCCCCCC(C)c1nc2cscc2[nH]1. The summed E-state index contributed by atoms with van der Waals surface area (Å²) >= 11 is 1.72. The van der Waals surface area contributed by atoms with E-state index >= 15 is 0 Å². The van der Waals surface area contributed by atoms with E-state index in [9.17, 15) is 0 Å². The van der Waals surface area contributed by atoms with Gasteiger partial charge >= 0.3 is 0 Å². The van der Waals surface area contributed by atoms with Crippen LogP contribution in [0, 0.1) is 0 Å². The Balaban J connectivity index is 1.42. The van der Waals surface area contributed by atoms with Gasteiger partial charge in [0.2, 0.25) is 0 Å². The number of hydrogen-bond donors (Lipinski definition) is 1. The highest BCUT2D eigenvalue weighted by Gasteiger charge is 2.10. The third-order valence-electron chi connectivity index (χ3n) is 5.10. The molecule has 1 unspecified atom stereocenters. The minimum atomic E-state index is 0.561. The molecule has 2 aromatic heterocycles. The zero-order chi connectivity index (χ0) is 17.0. The molecule has 136 valence electrons. The highest BCUT2D eigenvalue weighted by atomic mass is 32.1. The second-order valence-corrected chi connectivity index (χ2v) is 8.12. The lowest BCUT2D eigenvalue weighted by molar-refractivity contribution is 0.524. The van der Waals surface area contributed by atoms with Crippen LogP contribution in [0.1, 0.15) is 109 Å². The minimum Gasteiger partial charge on any atom is -0.341 e. The van der Waals surface area contributed by atoms with Gasteiger partial charge in [0.05, 0.1) is 11.0 Å². The lowest BCUT2D eigenvalue weighted by Gasteiger charge is -2.08. The van der Waals surface area contributed by atoms with Crippen molar-refractivity contribution in [3.8, 4) is 0 Å². The second-order valence-electron chi connectivity index (χ2n) is 7.37. The average molecular weight is 349 g/mol. The highest BCUT2D eigenvalue weighted by molar-refractivity contribution is 7.09. The molecule has 0 amide bonds. The van der Waals surface area contributed by atoms with E-state index in [0.717, 1.165) is 5.52 Å². The van der Waals surface area contributed by atoms with Crippen LogP contribution < -0.4 is 0 Å². The smallest absolute Gasteiger partial charge is 0.110 e. The molecule has 2 nitrogen and oxygen atoms in total. The Labute approximate surface area is 152 Å². The molecule has 0 fully saturated rings. The number of thiophene rings is 1. The molecule has 1 atom stereocenters. The monoisotopic (exact) mass is 348 g/mol. The van der Waals surface area contributed by atoms with E-state index in [-0.39, 0.29) is 0 Å². The molecule has 3 heteroatoms. The van der Waals surface area contributed by atoms with Crippen LogP contribution in [0.5, 0.6) is 0 Å². The first-order valence-corrected chi connectivity index (χ1v) is 11.2. The fraction of sp³-hybridized carbons (Fsp3) is 0.762. The fourth-order valence-electron chi connectivity index (χ4n) is 3.43. The van der Waals surface area contributed by atoms with Gasteiger partial charge in [0, 0.05) is 16.7 Å². The number of rotatable bonds is 14. The van der Waals surface area contributed by atoms with E-state index in [1.165, 1.54) is 94.8 Å². The minimum absolute atomic E-state index is 0.561. The van der Waals surface area contributed by atoms with Crippen LogP contribution in [0.3, 0.4) is 0 Å². The predicted molar refractivity (Wildman–Crippen MR) is 108 cm³/mol. The average Bonchev–Trinajstić information content (AvgIpc) is 3.17. The van der Waals surface area contributed by atoms with Crippen LogP contribution in [0.15, 0.2) is 10.8 Å². The van der Waals surface area contributed by atoms with Gasteiger partial charge in [-0.25, -0.2) is 4.98 Å². The van der Waals surface area contributed by atoms with Crippen LogP contribution in [0.4, 0.5) is 0 Å². The van der Waals surface area contributed by atoms with E-state index in [0.29, 0.717) is 5.92 Å². The van der Waals surface area contributed by atoms with Crippen molar-refractivity contribution >= 4 is 22.4 Å². The first-order valence-electron chi connectivity index (χ1n) is 10.2. The van der Waals surface area contributed by atoms with Gasteiger partial charge in [-0.2, -0.15) is 0 Å². The van der Waals surface area contributed by atoms with Crippen molar-refractivity contribution in [3.63, 3.8) is 0 Å². The molecule has 2 rings (SSSR count). The maximum atomic E-state index is 4.70. The van der Waals surface area contributed by atoms with Crippen molar-refractivity contribution in [1.82, 2.24) is 9.97 Å². The zero-order valence-corrected chi connectivity index (χ0v) is 16.6. The van der Waals surface area contributed by atoms with E-state index in [1.807, 2.05) is 0 Å². The van der Waals surface area contributed by atoms with Crippen molar-refractivity contribution in [1.29, 1.82) is 0 Å². The summed E-state index contributed by atoms with van der Waals surface area (Å²) in [5.74, 6) is 1.74. The van der Waals surface area contributed by atoms with Gasteiger partial charge < -0.3 is 4.98 Å². The summed E-state index contributed by atoms with van der Waals surface area (Å²) in [6.07, 6.45) is 18.3. The lowest BCUT2D eigenvalue weighted by Crippen LogP contribution is -1.96. The van der Waals surface area contributed by atoms with Crippen LogP contribution in [0.2, 0.25) is 0 Å². The number of unbranched alkanes of at least 4 members (excludes halogenated alkanes) is 11. The number of nitrogens with zero attached hydrogens (tertiary/aromatic N) is 1. The van der Waals surface area contributed by atoms with E-state index < -0.39 is 0 Å². The maximum absolute atomic E-state index is 4.70. The molecule has 0 bridgehead atoms. The summed E-state index contributed by atoms with van der Waals surface area (Å²) in [5, 5.41) is 4.29. The van der Waals surface area contributed by atoms with Gasteiger partial charge in [-0.05, 0) is 6.42 Å². The Morgan fingerprint density at radius 2 is 1.46 bits per heavy atom. The predicted octanol–water partition coefficient (Wildman–Crippen LogP) is 7.82. The topological polar surface area (TPSA) is 28.7 Å². The van der Waals surface area contributed by atoms with Gasteiger partial charge in [0.25, 0.3) is 0 Å². The molecule has 0 aromatic carbocycles. The summed E-state index contributed by atoms with van der Waals surface area (Å²) in [7, 11) is 0. The molecular formula is C21H36N2S.